The molecule has 0 aromatic heterocycles. The van der Waals surface area contributed by atoms with E-state index in [1.54, 1.807) is 0 Å². The van der Waals surface area contributed by atoms with Crippen LogP contribution in [-0.4, -0.2) is 0 Å². The first kappa shape index (κ1) is 6.88. The summed E-state index contributed by atoms with van der Waals surface area (Å²) >= 11 is 5.76. The Hall–Kier alpha value is -0.230. The van der Waals surface area contributed by atoms with E-state index in [9.17, 15) is 0 Å². The summed E-state index contributed by atoms with van der Waals surface area (Å²) in [7, 11) is 0. The fourth-order valence-electron chi connectivity index (χ4n) is 0.905. The first-order valence-corrected chi connectivity index (χ1v) is 3.70. The second-order valence-electron chi connectivity index (χ2n) is 2.50. The van der Waals surface area contributed by atoms with Crippen molar-refractivity contribution in [1.29, 1.82) is 0 Å². The molecule has 1 heteroatoms. The first-order chi connectivity index (χ1) is 4.29. The van der Waals surface area contributed by atoms with Gasteiger partial charge in [-0.15, -0.1) is 0 Å². The van der Waals surface area contributed by atoms with Gasteiger partial charge in [0, 0.05) is 5.03 Å². The molecule has 0 fully saturated rings. The van der Waals surface area contributed by atoms with E-state index < -0.39 is 0 Å². The van der Waals surface area contributed by atoms with Crippen LogP contribution < -0.4 is 0 Å². The molecule has 0 spiro atoms. The summed E-state index contributed by atoms with van der Waals surface area (Å²) in [6, 6.07) is 0. The molecule has 0 aliphatic heterocycles. The average molecular weight is 143 g/mol. The molecule has 0 saturated heterocycles. The molecule has 0 aromatic carbocycles. The first-order valence-electron chi connectivity index (χ1n) is 3.33. The Balaban J connectivity index is 2.58. The molecule has 0 heterocycles. The number of allylic oxidation sites excluding steroid dienone is 4. The van der Waals surface area contributed by atoms with Gasteiger partial charge in [-0.1, -0.05) is 30.7 Å². The monoisotopic (exact) mass is 142 g/mol. The van der Waals surface area contributed by atoms with Gasteiger partial charge in [0.25, 0.3) is 0 Å². The molecule has 1 rings (SSSR count). The highest BCUT2D eigenvalue weighted by molar-refractivity contribution is 6.31. The average Bonchev–Trinajstić information content (AvgIpc) is 1.97. The zero-order valence-corrected chi connectivity index (χ0v) is 6.36. The summed E-state index contributed by atoms with van der Waals surface area (Å²) in [5.74, 6) is 0.692. The number of hydrogen-bond donors (Lipinski definition) is 0. The van der Waals surface area contributed by atoms with Gasteiger partial charge >= 0.3 is 0 Å². The highest BCUT2D eigenvalue weighted by atomic mass is 35.5. The smallest absolute Gasteiger partial charge is 0.0363 e. The Kier molecular flexibility index (Phi) is 2.35. The van der Waals surface area contributed by atoms with Crippen molar-refractivity contribution in [2.75, 3.05) is 0 Å². The van der Waals surface area contributed by atoms with Crippen molar-refractivity contribution in [3.05, 3.63) is 23.3 Å². The van der Waals surface area contributed by atoms with Crippen LogP contribution in [0.15, 0.2) is 23.3 Å². The highest BCUT2D eigenvalue weighted by Gasteiger charge is 1.99. The second kappa shape index (κ2) is 3.07. The number of hydrogen-bond acceptors (Lipinski definition) is 0. The summed E-state index contributed by atoms with van der Waals surface area (Å²) in [4.78, 5) is 0. The summed E-state index contributed by atoms with van der Waals surface area (Å²) < 4.78 is 0. The molecule has 1 unspecified atom stereocenters. The fraction of sp³-hybridized carbons (Fsp3) is 0.500. The van der Waals surface area contributed by atoms with E-state index >= 15 is 0 Å². The van der Waals surface area contributed by atoms with Crippen LogP contribution in [0.3, 0.4) is 0 Å². The second-order valence-corrected chi connectivity index (χ2v) is 2.94. The molecule has 50 valence electrons. The quantitative estimate of drug-likeness (QED) is 0.488. The van der Waals surface area contributed by atoms with E-state index in [0.29, 0.717) is 5.92 Å². The Morgan fingerprint density at radius 2 is 2.44 bits per heavy atom. The van der Waals surface area contributed by atoms with Crippen LogP contribution >= 0.6 is 11.6 Å². The predicted molar refractivity (Wildman–Crippen MR) is 41.5 cm³/mol. The minimum atomic E-state index is 0.692. The van der Waals surface area contributed by atoms with Crippen LogP contribution in [0, 0.1) is 5.92 Å². The largest absolute Gasteiger partial charge is 0.0847 e. The van der Waals surface area contributed by atoms with Crippen LogP contribution in [0.25, 0.3) is 0 Å². The van der Waals surface area contributed by atoms with E-state index in [-0.39, 0.29) is 0 Å². The molecular formula is C8H11Cl. The van der Waals surface area contributed by atoms with Crippen molar-refractivity contribution in [3.8, 4) is 0 Å². The minimum absolute atomic E-state index is 0.692. The van der Waals surface area contributed by atoms with Gasteiger partial charge in [-0.25, -0.2) is 0 Å². The summed E-state index contributed by atoms with van der Waals surface area (Å²) in [6.45, 7) is 2.21. The molecule has 0 N–H and O–H groups in total. The Morgan fingerprint density at radius 3 is 3.22 bits per heavy atom. The molecule has 1 aliphatic rings. The van der Waals surface area contributed by atoms with Crippen molar-refractivity contribution < 1.29 is 0 Å². The standard InChI is InChI=1S/C8H11Cl/c1-7-3-2-4-8(9)6-5-7/h4-7H,2-3H2,1H3. The molecule has 0 radical (unpaired) electrons. The van der Waals surface area contributed by atoms with Gasteiger partial charge < -0.3 is 0 Å². The number of rotatable bonds is 0. The van der Waals surface area contributed by atoms with Crippen LogP contribution in [-0.2, 0) is 0 Å². The molecule has 0 nitrogen and oxygen atoms in total. The summed E-state index contributed by atoms with van der Waals surface area (Å²) in [5.41, 5.74) is 0. The van der Waals surface area contributed by atoms with E-state index in [1.807, 2.05) is 6.08 Å². The molecule has 0 aromatic rings. The van der Waals surface area contributed by atoms with Crippen molar-refractivity contribution in [2.24, 2.45) is 5.92 Å². The van der Waals surface area contributed by atoms with E-state index in [1.165, 1.54) is 6.42 Å². The molecule has 0 saturated carbocycles. The zero-order chi connectivity index (χ0) is 6.69. The van der Waals surface area contributed by atoms with E-state index in [0.717, 1.165) is 11.5 Å². The zero-order valence-electron chi connectivity index (χ0n) is 5.60. The SMILES string of the molecule is CC1C=CC(Cl)=CCC1. The lowest BCUT2D eigenvalue weighted by Crippen LogP contribution is -1.84. The Morgan fingerprint density at radius 1 is 1.67 bits per heavy atom. The van der Waals surface area contributed by atoms with E-state index in [2.05, 4.69) is 19.1 Å². The maximum absolute atomic E-state index is 5.76. The predicted octanol–water partition coefficient (Wildman–Crippen LogP) is 3.10. The van der Waals surface area contributed by atoms with Crippen LogP contribution in [0.2, 0.25) is 0 Å². The maximum atomic E-state index is 5.76. The summed E-state index contributed by atoms with van der Waals surface area (Å²) in [6.07, 6.45) is 8.56. The van der Waals surface area contributed by atoms with Crippen molar-refractivity contribution in [1.82, 2.24) is 0 Å². The van der Waals surface area contributed by atoms with Gasteiger partial charge in [-0.3, -0.25) is 0 Å². The molecule has 1 atom stereocenters. The van der Waals surface area contributed by atoms with Crippen LogP contribution in [0.1, 0.15) is 19.8 Å². The minimum Gasteiger partial charge on any atom is -0.0847 e. The van der Waals surface area contributed by atoms with Crippen molar-refractivity contribution in [2.45, 2.75) is 19.8 Å². The third-order valence-electron chi connectivity index (χ3n) is 1.55. The molecule has 1 aliphatic carbocycles. The van der Waals surface area contributed by atoms with Gasteiger partial charge in [0.1, 0.15) is 0 Å². The van der Waals surface area contributed by atoms with Crippen LogP contribution in [0.4, 0.5) is 0 Å². The van der Waals surface area contributed by atoms with Crippen molar-refractivity contribution >= 4 is 11.6 Å². The van der Waals surface area contributed by atoms with Gasteiger partial charge in [0.15, 0.2) is 0 Å². The summed E-state index contributed by atoms with van der Waals surface area (Å²) in [5, 5.41) is 0.888. The third-order valence-corrected chi connectivity index (χ3v) is 1.83. The van der Waals surface area contributed by atoms with Gasteiger partial charge in [0.2, 0.25) is 0 Å². The van der Waals surface area contributed by atoms with Gasteiger partial charge in [-0.2, -0.15) is 0 Å². The topological polar surface area (TPSA) is 0 Å². The lowest BCUT2D eigenvalue weighted by molar-refractivity contribution is 0.662. The molecule has 0 bridgehead atoms. The normalized spacial score (nSPS) is 27.3. The van der Waals surface area contributed by atoms with E-state index in [4.69, 9.17) is 11.6 Å². The van der Waals surface area contributed by atoms with Gasteiger partial charge in [-0.05, 0) is 24.8 Å². The van der Waals surface area contributed by atoms with Crippen molar-refractivity contribution in [3.63, 3.8) is 0 Å². The lowest BCUT2D eigenvalue weighted by Gasteiger charge is -1.97. The third kappa shape index (κ3) is 2.23. The maximum Gasteiger partial charge on any atom is 0.0363 e. The molecular weight excluding hydrogens is 132 g/mol. The fourth-order valence-corrected chi connectivity index (χ4v) is 1.09. The molecule has 0 amide bonds. The van der Waals surface area contributed by atoms with Crippen LogP contribution in [0.5, 0.6) is 0 Å². The number of halogens is 1. The lowest BCUT2D eigenvalue weighted by atomic mass is 10.1. The Labute approximate surface area is 61.2 Å². The molecule has 9 heavy (non-hydrogen) atoms. The Bertz CT molecular complexity index is 145. The highest BCUT2D eigenvalue weighted by Crippen LogP contribution is 2.17. The van der Waals surface area contributed by atoms with Gasteiger partial charge in [0.05, 0.1) is 0 Å².